The number of hydrogen-bond acceptors (Lipinski definition) is 4. The lowest BCUT2D eigenvalue weighted by molar-refractivity contribution is 0.210. The third-order valence-corrected chi connectivity index (χ3v) is 6.89. The molecule has 1 aromatic rings. The number of sulfonamides is 1. The Morgan fingerprint density at radius 2 is 2.14 bits per heavy atom. The maximum absolute atomic E-state index is 13.0. The highest BCUT2D eigenvalue weighted by Crippen LogP contribution is 2.31. The first kappa shape index (κ1) is 15.3. The quantitative estimate of drug-likeness (QED) is 0.907. The van der Waals surface area contributed by atoms with E-state index in [4.69, 9.17) is 11.6 Å². The third-order valence-electron chi connectivity index (χ3n) is 4.46. The minimum atomic E-state index is -3.60. The monoisotopic (exact) mass is 332 g/mol. The average Bonchev–Trinajstić information content (AvgIpc) is 3.09. The molecule has 2 atom stereocenters. The van der Waals surface area contributed by atoms with E-state index in [-0.39, 0.29) is 22.1 Å². The fourth-order valence-electron chi connectivity index (χ4n) is 3.47. The Bertz CT molecular complexity index is 590. The van der Waals surface area contributed by atoms with Crippen LogP contribution < -0.4 is 5.32 Å². The van der Waals surface area contributed by atoms with Crippen molar-refractivity contribution < 1.29 is 8.42 Å². The Morgan fingerprint density at radius 3 is 2.76 bits per heavy atom. The van der Waals surface area contributed by atoms with Crippen molar-refractivity contribution in [3.8, 4) is 0 Å². The van der Waals surface area contributed by atoms with Crippen molar-refractivity contribution >= 4 is 21.6 Å². The van der Waals surface area contributed by atoms with Crippen LogP contribution in [0.15, 0.2) is 11.2 Å². The first-order valence-electron chi connectivity index (χ1n) is 7.44. The van der Waals surface area contributed by atoms with Crippen molar-refractivity contribution in [2.45, 2.75) is 49.2 Å². The molecule has 6 nitrogen and oxygen atoms in total. The summed E-state index contributed by atoms with van der Waals surface area (Å²) >= 11 is 6.05. The van der Waals surface area contributed by atoms with Gasteiger partial charge in [0.2, 0.25) is 0 Å². The van der Waals surface area contributed by atoms with Crippen LogP contribution in [0.3, 0.4) is 0 Å². The van der Waals surface area contributed by atoms with Gasteiger partial charge in [0.1, 0.15) is 0 Å². The second-order valence-electron chi connectivity index (χ2n) is 5.80. The van der Waals surface area contributed by atoms with Crippen molar-refractivity contribution in [1.29, 1.82) is 0 Å². The van der Waals surface area contributed by atoms with Crippen molar-refractivity contribution in [1.82, 2.24) is 19.4 Å². The molecular formula is C13H21ClN4O2S. The second-order valence-corrected chi connectivity index (χ2v) is 8.02. The Balaban J connectivity index is 1.95. The standard InChI is InChI=1S/C13H21ClN4O2S/c1-17-13(10(14)9-16-17)21(19,20)18-8-3-2-6-12(18)11-5-4-7-15-11/h9,11-12,15H,2-8H2,1H3. The first-order valence-corrected chi connectivity index (χ1v) is 9.26. The van der Waals surface area contributed by atoms with E-state index in [0.29, 0.717) is 6.54 Å². The van der Waals surface area contributed by atoms with Crippen molar-refractivity contribution in [3.63, 3.8) is 0 Å². The maximum atomic E-state index is 13.0. The minimum absolute atomic E-state index is 0.0252. The van der Waals surface area contributed by atoms with Crippen LogP contribution in [-0.4, -0.2) is 47.7 Å². The fourth-order valence-corrected chi connectivity index (χ4v) is 5.81. The van der Waals surface area contributed by atoms with E-state index < -0.39 is 10.0 Å². The average molecular weight is 333 g/mol. The molecule has 3 rings (SSSR count). The van der Waals surface area contributed by atoms with E-state index in [2.05, 4.69) is 10.4 Å². The Kier molecular flexibility index (Phi) is 4.27. The van der Waals surface area contributed by atoms with Gasteiger partial charge in [-0.1, -0.05) is 18.0 Å². The van der Waals surface area contributed by atoms with Gasteiger partial charge in [0, 0.05) is 25.7 Å². The van der Waals surface area contributed by atoms with E-state index >= 15 is 0 Å². The number of nitrogens with zero attached hydrogens (tertiary/aromatic N) is 3. The van der Waals surface area contributed by atoms with Gasteiger partial charge < -0.3 is 5.32 Å². The molecule has 2 aliphatic heterocycles. The van der Waals surface area contributed by atoms with Crippen LogP contribution in [0.5, 0.6) is 0 Å². The maximum Gasteiger partial charge on any atom is 0.262 e. The van der Waals surface area contributed by atoms with Crippen LogP contribution in [0.25, 0.3) is 0 Å². The second kappa shape index (κ2) is 5.87. The number of nitrogens with one attached hydrogen (secondary N) is 1. The van der Waals surface area contributed by atoms with Gasteiger partial charge in [-0.2, -0.15) is 9.40 Å². The molecule has 21 heavy (non-hydrogen) atoms. The number of hydrogen-bond donors (Lipinski definition) is 1. The first-order chi connectivity index (χ1) is 10.0. The summed E-state index contributed by atoms with van der Waals surface area (Å²) in [4.78, 5) is 0. The third kappa shape index (κ3) is 2.72. The van der Waals surface area contributed by atoms with E-state index in [0.717, 1.165) is 38.6 Å². The summed E-state index contributed by atoms with van der Waals surface area (Å²) in [5.41, 5.74) is 0. The lowest BCUT2D eigenvalue weighted by atomic mass is 9.97. The molecule has 8 heteroatoms. The van der Waals surface area contributed by atoms with Crippen molar-refractivity contribution in [2.24, 2.45) is 7.05 Å². The van der Waals surface area contributed by atoms with E-state index in [9.17, 15) is 8.42 Å². The lowest BCUT2D eigenvalue weighted by Crippen LogP contribution is -2.52. The van der Waals surface area contributed by atoms with E-state index in [1.165, 1.54) is 10.9 Å². The smallest absolute Gasteiger partial charge is 0.262 e. The van der Waals surface area contributed by atoms with Gasteiger partial charge in [-0.15, -0.1) is 0 Å². The topological polar surface area (TPSA) is 67.2 Å². The van der Waals surface area contributed by atoms with Crippen LogP contribution in [0.4, 0.5) is 0 Å². The summed E-state index contributed by atoms with van der Waals surface area (Å²) in [6.45, 7) is 1.54. The summed E-state index contributed by atoms with van der Waals surface area (Å²) in [6, 6.07) is 0.282. The zero-order chi connectivity index (χ0) is 15.0. The zero-order valence-electron chi connectivity index (χ0n) is 12.1. The lowest BCUT2D eigenvalue weighted by Gasteiger charge is -2.38. The van der Waals surface area contributed by atoms with Gasteiger partial charge in [0.25, 0.3) is 10.0 Å². The number of rotatable bonds is 3. The Morgan fingerprint density at radius 1 is 1.33 bits per heavy atom. The molecule has 0 spiro atoms. The molecule has 2 aliphatic rings. The Hall–Kier alpha value is -0.630. The highest BCUT2D eigenvalue weighted by molar-refractivity contribution is 7.89. The summed E-state index contributed by atoms with van der Waals surface area (Å²) in [5.74, 6) is 0. The normalized spacial score (nSPS) is 28.1. The molecule has 2 unspecified atom stereocenters. The predicted octanol–water partition coefficient (Wildman–Crippen LogP) is 1.37. The highest BCUT2D eigenvalue weighted by atomic mass is 35.5. The molecule has 0 bridgehead atoms. The van der Waals surface area contributed by atoms with Gasteiger partial charge in [0.15, 0.2) is 5.03 Å². The number of aryl methyl sites for hydroxylation is 1. The predicted molar refractivity (Wildman–Crippen MR) is 80.8 cm³/mol. The van der Waals surface area contributed by atoms with Crippen LogP contribution in [0, 0.1) is 0 Å². The molecule has 0 radical (unpaired) electrons. The highest BCUT2D eigenvalue weighted by Gasteiger charge is 2.40. The largest absolute Gasteiger partial charge is 0.312 e. The molecule has 0 aliphatic carbocycles. The Labute approximate surface area is 130 Å². The molecule has 1 N–H and O–H groups in total. The van der Waals surface area contributed by atoms with Crippen molar-refractivity contribution in [2.75, 3.05) is 13.1 Å². The number of halogens is 1. The van der Waals surface area contributed by atoms with Gasteiger partial charge in [-0.25, -0.2) is 8.42 Å². The van der Waals surface area contributed by atoms with Crippen LogP contribution in [0.2, 0.25) is 5.02 Å². The van der Waals surface area contributed by atoms with Gasteiger partial charge in [0.05, 0.1) is 11.2 Å². The molecule has 2 saturated heterocycles. The van der Waals surface area contributed by atoms with Crippen LogP contribution >= 0.6 is 11.6 Å². The molecule has 3 heterocycles. The molecule has 0 saturated carbocycles. The molecule has 2 fully saturated rings. The summed E-state index contributed by atoms with van der Waals surface area (Å²) in [7, 11) is -1.99. The molecular weight excluding hydrogens is 312 g/mol. The molecule has 1 aromatic heterocycles. The van der Waals surface area contributed by atoms with E-state index in [1.54, 1.807) is 11.4 Å². The summed E-state index contributed by atoms with van der Waals surface area (Å²) in [5, 5.41) is 7.71. The molecule has 118 valence electrons. The SMILES string of the molecule is Cn1ncc(Cl)c1S(=O)(=O)N1CCCCC1C1CCCN1. The van der Waals surface area contributed by atoms with Gasteiger partial charge in [-0.3, -0.25) is 4.68 Å². The van der Waals surface area contributed by atoms with Gasteiger partial charge in [-0.05, 0) is 32.2 Å². The zero-order valence-corrected chi connectivity index (χ0v) is 13.7. The number of piperidine rings is 1. The van der Waals surface area contributed by atoms with Gasteiger partial charge >= 0.3 is 0 Å². The van der Waals surface area contributed by atoms with E-state index in [1.807, 2.05) is 0 Å². The number of aromatic nitrogens is 2. The summed E-state index contributed by atoms with van der Waals surface area (Å²) in [6.07, 6.45) is 6.43. The minimum Gasteiger partial charge on any atom is -0.312 e. The van der Waals surface area contributed by atoms with Crippen LogP contribution in [0.1, 0.15) is 32.1 Å². The van der Waals surface area contributed by atoms with Crippen molar-refractivity contribution in [3.05, 3.63) is 11.2 Å². The van der Waals surface area contributed by atoms with Crippen LogP contribution in [-0.2, 0) is 17.1 Å². The fraction of sp³-hybridized carbons (Fsp3) is 0.769. The molecule has 0 aromatic carbocycles. The molecule has 0 amide bonds. The summed E-state index contributed by atoms with van der Waals surface area (Å²) < 4.78 is 29.0.